The van der Waals surface area contributed by atoms with Gasteiger partial charge in [0.25, 0.3) is 0 Å². The summed E-state index contributed by atoms with van der Waals surface area (Å²) in [7, 11) is 2.06. The molecule has 0 radical (unpaired) electrons. The number of hydrogen-bond acceptors (Lipinski definition) is 2. The van der Waals surface area contributed by atoms with Crippen LogP contribution >= 0.6 is 23.2 Å². The van der Waals surface area contributed by atoms with Crippen molar-refractivity contribution in [2.75, 3.05) is 33.2 Å². The number of halogens is 2. The predicted molar refractivity (Wildman–Crippen MR) is 77.8 cm³/mol. The van der Waals surface area contributed by atoms with Gasteiger partial charge in [-0.15, -0.1) is 0 Å². The molecule has 0 aliphatic carbocycles. The number of nitrogens with zero attached hydrogens (tertiary/aromatic N) is 2. The Morgan fingerprint density at radius 3 is 2.63 bits per heavy atom. The summed E-state index contributed by atoms with van der Waals surface area (Å²) in [5, 5.41) is 3.89. The maximum absolute atomic E-state index is 12.0. The average molecular weight is 302 g/mol. The smallest absolute Gasteiger partial charge is 0.317 e. The van der Waals surface area contributed by atoms with E-state index in [-0.39, 0.29) is 6.03 Å². The minimum Gasteiger partial charge on any atom is -0.334 e. The molecule has 6 heteroatoms. The van der Waals surface area contributed by atoms with Crippen LogP contribution in [0.25, 0.3) is 0 Å². The molecule has 4 nitrogen and oxygen atoms in total. The van der Waals surface area contributed by atoms with Crippen LogP contribution in [0.1, 0.15) is 5.56 Å². The highest BCUT2D eigenvalue weighted by Gasteiger charge is 2.18. The Labute approximate surface area is 123 Å². The van der Waals surface area contributed by atoms with Crippen LogP contribution in [-0.2, 0) is 6.54 Å². The molecule has 1 fully saturated rings. The van der Waals surface area contributed by atoms with Gasteiger partial charge < -0.3 is 15.1 Å². The van der Waals surface area contributed by atoms with E-state index < -0.39 is 0 Å². The van der Waals surface area contributed by atoms with Gasteiger partial charge in [0.15, 0.2) is 0 Å². The van der Waals surface area contributed by atoms with Gasteiger partial charge in [0.2, 0.25) is 0 Å². The molecule has 104 valence electrons. The van der Waals surface area contributed by atoms with Gasteiger partial charge in [0, 0.05) is 32.7 Å². The first-order valence-corrected chi connectivity index (χ1v) is 6.97. The Morgan fingerprint density at radius 1 is 1.26 bits per heavy atom. The maximum atomic E-state index is 12.0. The molecular weight excluding hydrogens is 285 g/mol. The molecule has 1 N–H and O–H groups in total. The molecule has 0 saturated carbocycles. The monoisotopic (exact) mass is 301 g/mol. The van der Waals surface area contributed by atoms with Gasteiger partial charge in [-0.2, -0.15) is 0 Å². The van der Waals surface area contributed by atoms with Crippen molar-refractivity contribution in [3.63, 3.8) is 0 Å². The largest absolute Gasteiger partial charge is 0.334 e. The molecule has 1 aromatic rings. The first-order chi connectivity index (χ1) is 9.08. The maximum Gasteiger partial charge on any atom is 0.317 e. The number of amides is 2. The topological polar surface area (TPSA) is 35.6 Å². The Kier molecular flexibility index (Phi) is 4.91. The number of carbonyl (C=O) groups excluding carboxylic acids is 1. The second-order valence-corrected chi connectivity index (χ2v) is 5.45. The summed E-state index contributed by atoms with van der Waals surface area (Å²) in [5.74, 6) is 0. The van der Waals surface area contributed by atoms with Gasteiger partial charge in [0.1, 0.15) is 0 Å². The summed E-state index contributed by atoms with van der Waals surface area (Å²) in [6, 6.07) is 5.36. The van der Waals surface area contributed by atoms with Crippen molar-refractivity contribution in [2.45, 2.75) is 6.54 Å². The van der Waals surface area contributed by atoms with Crippen molar-refractivity contribution < 1.29 is 4.79 Å². The molecule has 0 spiro atoms. The van der Waals surface area contributed by atoms with Crippen LogP contribution in [-0.4, -0.2) is 49.1 Å². The van der Waals surface area contributed by atoms with Crippen LogP contribution < -0.4 is 5.32 Å². The Balaban J connectivity index is 1.88. The summed E-state index contributed by atoms with van der Waals surface area (Å²) in [6.07, 6.45) is 0. The normalized spacial score (nSPS) is 16.5. The van der Waals surface area contributed by atoms with Crippen molar-refractivity contribution in [1.29, 1.82) is 0 Å². The molecule has 0 aromatic heterocycles. The molecule has 0 bridgehead atoms. The molecule has 1 aliphatic rings. The van der Waals surface area contributed by atoms with E-state index in [1.54, 1.807) is 6.07 Å². The number of urea groups is 1. The van der Waals surface area contributed by atoms with Crippen LogP contribution in [0.3, 0.4) is 0 Å². The summed E-state index contributed by atoms with van der Waals surface area (Å²) in [6.45, 7) is 3.72. The average Bonchev–Trinajstić information content (AvgIpc) is 2.41. The van der Waals surface area contributed by atoms with Gasteiger partial charge in [-0.05, 0) is 18.7 Å². The molecular formula is C13H17Cl2N3O. The number of benzene rings is 1. The highest BCUT2D eigenvalue weighted by molar-refractivity contribution is 6.42. The Morgan fingerprint density at radius 2 is 1.95 bits per heavy atom. The molecule has 1 aliphatic heterocycles. The zero-order chi connectivity index (χ0) is 13.8. The fraction of sp³-hybridized carbons (Fsp3) is 0.462. The standard InChI is InChI=1S/C13H17Cl2N3O/c1-17-5-7-18(8-6-17)13(19)16-9-10-3-2-4-11(14)12(10)15/h2-4H,5-9H2,1H3,(H,16,19). The number of carbonyl (C=O) groups is 1. The van der Waals surface area contributed by atoms with E-state index in [0.717, 1.165) is 31.7 Å². The van der Waals surface area contributed by atoms with E-state index in [1.165, 1.54) is 0 Å². The number of hydrogen-bond donors (Lipinski definition) is 1. The van der Waals surface area contributed by atoms with Gasteiger partial charge >= 0.3 is 6.03 Å². The van der Waals surface area contributed by atoms with Crippen LogP contribution in [0.2, 0.25) is 10.0 Å². The highest BCUT2D eigenvalue weighted by atomic mass is 35.5. The van der Waals surface area contributed by atoms with E-state index in [0.29, 0.717) is 16.6 Å². The van der Waals surface area contributed by atoms with Gasteiger partial charge in [0.05, 0.1) is 10.0 Å². The van der Waals surface area contributed by atoms with E-state index >= 15 is 0 Å². The predicted octanol–water partition coefficient (Wildman–Crippen LogP) is 2.45. The van der Waals surface area contributed by atoms with Crippen molar-refractivity contribution in [3.8, 4) is 0 Å². The quantitative estimate of drug-likeness (QED) is 0.911. The minimum atomic E-state index is -0.0517. The van der Waals surface area contributed by atoms with E-state index in [9.17, 15) is 4.79 Å². The van der Waals surface area contributed by atoms with Crippen LogP contribution in [0.15, 0.2) is 18.2 Å². The molecule has 2 rings (SSSR count). The van der Waals surface area contributed by atoms with Crippen LogP contribution in [0, 0.1) is 0 Å². The van der Waals surface area contributed by atoms with Gasteiger partial charge in [-0.25, -0.2) is 4.79 Å². The molecule has 1 saturated heterocycles. The van der Waals surface area contributed by atoms with Gasteiger partial charge in [-0.1, -0.05) is 35.3 Å². The Bertz CT molecular complexity index is 459. The summed E-state index contributed by atoms with van der Waals surface area (Å²) in [4.78, 5) is 16.0. The summed E-state index contributed by atoms with van der Waals surface area (Å²) >= 11 is 12.0. The lowest BCUT2D eigenvalue weighted by Gasteiger charge is -2.32. The fourth-order valence-electron chi connectivity index (χ4n) is 1.98. The van der Waals surface area contributed by atoms with Crippen molar-refractivity contribution >= 4 is 29.2 Å². The lowest BCUT2D eigenvalue weighted by Crippen LogP contribution is -2.50. The van der Waals surface area contributed by atoms with Crippen molar-refractivity contribution in [1.82, 2.24) is 15.1 Å². The fourth-order valence-corrected chi connectivity index (χ4v) is 2.36. The second kappa shape index (κ2) is 6.46. The lowest BCUT2D eigenvalue weighted by atomic mass is 10.2. The summed E-state index contributed by atoms with van der Waals surface area (Å²) in [5.41, 5.74) is 0.830. The minimum absolute atomic E-state index is 0.0517. The third-order valence-electron chi connectivity index (χ3n) is 3.25. The van der Waals surface area contributed by atoms with E-state index in [4.69, 9.17) is 23.2 Å². The van der Waals surface area contributed by atoms with Gasteiger partial charge in [-0.3, -0.25) is 0 Å². The first kappa shape index (κ1) is 14.4. The zero-order valence-corrected chi connectivity index (χ0v) is 12.3. The Hall–Kier alpha value is -0.970. The molecule has 0 atom stereocenters. The molecule has 19 heavy (non-hydrogen) atoms. The lowest BCUT2D eigenvalue weighted by molar-refractivity contribution is 0.154. The van der Waals surface area contributed by atoms with Crippen LogP contribution in [0.4, 0.5) is 4.79 Å². The molecule has 2 amide bonds. The number of piperazine rings is 1. The molecule has 0 unspecified atom stereocenters. The van der Waals surface area contributed by atoms with Crippen molar-refractivity contribution in [3.05, 3.63) is 33.8 Å². The summed E-state index contributed by atoms with van der Waals surface area (Å²) < 4.78 is 0. The van der Waals surface area contributed by atoms with Crippen molar-refractivity contribution in [2.24, 2.45) is 0 Å². The molecule has 1 heterocycles. The first-order valence-electron chi connectivity index (χ1n) is 6.22. The SMILES string of the molecule is CN1CCN(C(=O)NCc2cccc(Cl)c2Cl)CC1. The van der Waals surface area contributed by atoms with E-state index in [1.807, 2.05) is 17.0 Å². The number of rotatable bonds is 2. The third-order valence-corrected chi connectivity index (χ3v) is 4.11. The van der Waals surface area contributed by atoms with Crippen LogP contribution in [0.5, 0.6) is 0 Å². The second-order valence-electron chi connectivity index (χ2n) is 4.66. The third kappa shape index (κ3) is 3.75. The highest BCUT2D eigenvalue weighted by Crippen LogP contribution is 2.25. The van der Waals surface area contributed by atoms with E-state index in [2.05, 4.69) is 17.3 Å². The number of nitrogens with one attached hydrogen (secondary N) is 1. The zero-order valence-electron chi connectivity index (χ0n) is 10.8. The molecule has 1 aromatic carbocycles. The number of likely N-dealkylation sites (N-methyl/N-ethyl adjacent to an activating group) is 1.